The summed E-state index contributed by atoms with van der Waals surface area (Å²) in [6.45, 7) is 1.79. The zero-order valence-corrected chi connectivity index (χ0v) is 14.0. The molecular formula is C18H15ClFN3O2. The molecule has 0 aliphatic carbocycles. The van der Waals surface area contributed by atoms with Crippen LogP contribution in [0.25, 0.3) is 10.9 Å². The molecule has 0 fully saturated rings. The summed E-state index contributed by atoms with van der Waals surface area (Å²) in [5.74, 6) is -1.02. The SMILES string of the molecule is C[C@H](Nc1cccc(C(N)=O)c1)c1cc2cc(F)cc(Cl)c2[nH]c1=O. The highest BCUT2D eigenvalue weighted by Crippen LogP contribution is 2.25. The van der Waals surface area contributed by atoms with Crippen molar-refractivity contribution in [2.24, 2.45) is 5.73 Å². The number of hydrogen-bond acceptors (Lipinski definition) is 3. The van der Waals surface area contributed by atoms with Crippen molar-refractivity contribution in [3.8, 4) is 0 Å². The van der Waals surface area contributed by atoms with Crippen LogP contribution in [0, 0.1) is 5.82 Å². The first-order valence-electron chi connectivity index (χ1n) is 7.53. The van der Waals surface area contributed by atoms with Gasteiger partial charge in [0.25, 0.3) is 5.56 Å². The summed E-state index contributed by atoms with van der Waals surface area (Å²) in [6.07, 6.45) is 0. The quantitative estimate of drug-likeness (QED) is 0.665. The normalized spacial score (nSPS) is 12.1. The molecule has 25 heavy (non-hydrogen) atoms. The fourth-order valence-corrected chi connectivity index (χ4v) is 2.93. The molecule has 1 atom stereocenters. The largest absolute Gasteiger partial charge is 0.378 e. The summed E-state index contributed by atoms with van der Waals surface area (Å²) >= 11 is 5.97. The number of primary amides is 1. The topological polar surface area (TPSA) is 88.0 Å². The van der Waals surface area contributed by atoms with E-state index in [1.54, 1.807) is 37.3 Å². The summed E-state index contributed by atoms with van der Waals surface area (Å²) in [6, 6.07) is 10.3. The van der Waals surface area contributed by atoms with Crippen LogP contribution >= 0.6 is 11.6 Å². The summed E-state index contributed by atoms with van der Waals surface area (Å²) in [5.41, 5.74) is 6.75. The first-order chi connectivity index (χ1) is 11.8. The summed E-state index contributed by atoms with van der Waals surface area (Å²) in [4.78, 5) is 26.3. The number of hydrogen-bond donors (Lipinski definition) is 3. The Balaban J connectivity index is 1.98. The van der Waals surface area contributed by atoms with Crippen LogP contribution in [-0.4, -0.2) is 10.9 Å². The number of aromatic amines is 1. The first-order valence-corrected chi connectivity index (χ1v) is 7.91. The summed E-state index contributed by atoms with van der Waals surface area (Å²) < 4.78 is 13.6. The molecule has 1 heterocycles. The average molecular weight is 360 g/mol. The Morgan fingerprint density at radius 3 is 2.76 bits per heavy atom. The molecule has 128 valence electrons. The van der Waals surface area contributed by atoms with Crippen LogP contribution in [0.4, 0.5) is 10.1 Å². The number of carbonyl (C=O) groups excluding carboxylic acids is 1. The maximum atomic E-state index is 13.6. The highest BCUT2D eigenvalue weighted by Gasteiger charge is 2.14. The summed E-state index contributed by atoms with van der Waals surface area (Å²) in [5, 5.41) is 3.78. The highest BCUT2D eigenvalue weighted by atomic mass is 35.5. The van der Waals surface area contributed by atoms with E-state index in [2.05, 4.69) is 10.3 Å². The second kappa shape index (κ2) is 6.57. The van der Waals surface area contributed by atoms with Crippen molar-refractivity contribution in [2.45, 2.75) is 13.0 Å². The molecule has 1 amide bonds. The minimum absolute atomic E-state index is 0.147. The Kier molecular flexibility index (Phi) is 4.46. The van der Waals surface area contributed by atoms with Crippen molar-refractivity contribution in [3.63, 3.8) is 0 Å². The van der Waals surface area contributed by atoms with Crippen molar-refractivity contribution in [1.82, 2.24) is 4.98 Å². The first kappa shape index (κ1) is 17.0. The minimum atomic E-state index is -0.537. The van der Waals surface area contributed by atoms with Crippen molar-refractivity contribution in [3.05, 3.63) is 74.8 Å². The Bertz CT molecular complexity index is 1030. The zero-order chi connectivity index (χ0) is 18.1. The maximum absolute atomic E-state index is 13.6. The van der Waals surface area contributed by atoms with Gasteiger partial charge in [-0.3, -0.25) is 9.59 Å². The molecular weight excluding hydrogens is 345 g/mol. The van der Waals surface area contributed by atoms with E-state index in [-0.39, 0.29) is 10.6 Å². The number of pyridine rings is 1. The Morgan fingerprint density at radius 2 is 2.04 bits per heavy atom. The number of amides is 1. The number of nitrogens with two attached hydrogens (primary N) is 1. The lowest BCUT2D eigenvalue weighted by molar-refractivity contribution is 0.100. The molecule has 7 heteroatoms. The van der Waals surface area contributed by atoms with Crippen molar-refractivity contribution < 1.29 is 9.18 Å². The van der Waals surface area contributed by atoms with Crippen LogP contribution < -0.4 is 16.6 Å². The molecule has 0 bridgehead atoms. The lowest BCUT2D eigenvalue weighted by Crippen LogP contribution is -2.20. The Hall–Kier alpha value is -2.86. The summed E-state index contributed by atoms with van der Waals surface area (Å²) in [7, 11) is 0. The van der Waals surface area contributed by atoms with Crippen molar-refractivity contribution >= 4 is 34.1 Å². The van der Waals surface area contributed by atoms with Crippen LogP contribution in [0.15, 0.2) is 47.3 Å². The van der Waals surface area contributed by atoms with Crippen molar-refractivity contribution in [2.75, 3.05) is 5.32 Å². The predicted molar refractivity (Wildman–Crippen MR) is 96.5 cm³/mol. The molecule has 4 N–H and O–H groups in total. The van der Waals surface area contributed by atoms with Gasteiger partial charge >= 0.3 is 0 Å². The molecule has 0 spiro atoms. The number of halogens is 2. The third-order valence-corrected chi connectivity index (χ3v) is 4.19. The highest BCUT2D eigenvalue weighted by molar-refractivity contribution is 6.35. The predicted octanol–water partition coefficient (Wildman–Crippen LogP) is 3.59. The molecule has 5 nitrogen and oxygen atoms in total. The third kappa shape index (κ3) is 3.49. The number of anilines is 1. The van der Waals surface area contributed by atoms with Gasteiger partial charge in [0, 0.05) is 22.2 Å². The molecule has 0 aliphatic heterocycles. The fraction of sp³-hybridized carbons (Fsp3) is 0.111. The van der Waals surface area contributed by atoms with Gasteiger partial charge in [0.2, 0.25) is 5.91 Å². The van der Waals surface area contributed by atoms with Gasteiger partial charge in [-0.15, -0.1) is 0 Å². The molecule has 3 rings (SSSR count). The van der Waals surface area contributed by atoms with Crippen LogP contribution in [-0.2, 0) is 0 Å². The van der Waals surface area contributed by atoms with E-state index in [1.807, 2.05) is 0 Å². The Morgan fingerprint density at radius 1 is 1.28 bits per heavy atom. The van der Waals surface area contributed by atoms with E-state index in [9.17, 15) is 14.0 Å². The van der Waals surface area contributed by atoms with E-state index >= 15 is 0 Å². The monoisotopic (exact) mass is 359 g/mol. The van der Waals surface area contributed by atoms with E-state index in [0.29, 0.717) is 27.7 Å². The molecule has 0 saturated heterocycles. The second-order valence-corrected chi connectivity index (χ2v) is 6.12. The van der Waals surface area contributed by atoms with Crippen LogP contribution in [0.1, 0.15) is 28.9 Å². The van der Waals surface area contributed by atoms with Crippen molar-refractivity contribution in [1.29, 1.82) is 0 Å². The average Bonchev–Trinajstić information content (AvgIpc) is 2.55. The van der Waals surface area contributed by atoms with Gasteiger partial charge in [-0.25, -0.2) is 4.39 Å². The molecule has 0 saturated carbocycles. The van der Waals surface area contributed by atoms with Gasteiger partial charge in [-0.05, 0) is 43.3 Å². The van der Waals surface area contributed by atoms with Crippen LogP contribution in [0.2, 0.25) is 5.02 Å². The van der Waals surface area contributed by atoms with Gasteiger partial charge in [0.15, 0.2) is 0 Å². The molecule has 1 aromatic heterocycles. The number of H-pyrrole nitrogens is 1. The number of benzene rings is 2. The van der Waals surface area contributed by atoms with E-state index in [4.69, 9.17) is 17.3 Å². The zero-order valence-electron chi connectivity index (χ0n) is 13.3. The number of fused-ring (bicyclic) bond motifs is 1. The third-order valence-electron chi connectivity index (χ3n) is 3.89. The van der Waals surface area contributed by atoms with Gasteiger partial charge in [-0.1, -0.05) is 17.7 Å². The van der Waals surface area contributed by atoms with Crippen LogP contribution in [0.5, 0.6) is 0 Å². The molecule has 3 aromatic rings. The number of nitrogens with one attached hydrogen (secondary N) is 2. The minimum Gasteiger partial charge on any atom is -0.378 e. The molecule has 0 aliphatic rings. The maximum Gasteiger partial charge on any atom is 0.253 e. The van der Waals surface area contributed by atoms with Gasteiger partial charge < -0.3 is 16.0 Å². The van der Waals surface area contributed by atoms with Crippen LogP contribution in [0.3, 0.4) is 0 Å². The van der Waals surface area contributed by atoms with E-state index in [1.165, 1.54) is 6.07 Å². The van der Waals surface area contributed by atoms with Gasteiger partial charge in [0.05, 0.1) is 16.6 Å². The second-order valence-electron chi connectivity index (χ2n) is 5.72. The standard InChI is InChI=1S/C18H15ClFN3O2/c1-9(22-13-4-2-3-10(6-13)17(21)24)14-7-11-5-12(20)8-15(19)16(11)23-18(14)25/h2-9,22H,1H3,(H2,21,24)(H,23,25)/t9-/m0/s1. The number of carbonyl (C=O) groups is 1. The number of aromatic nitrogens is 1. The lowest BCUT2D eigenvalue weighted by Gasteiger charge is -2.16. The number of rotatable bonds is 4. The van der Waals surface area contributed by atoms with Gasteiger partial charge in [0.1, 0.15) is 5.82 Å². The molecule has 2 aromatic carbocycles. The van der Waals surface area contributed by atoms with E-state index in [0.717, 1.165) is 6.07 Å². The molecule has 0 unspecified atom stereocenters. The molecule has 0 radical (unpaired) electrons. The lowest BCUT2D eigenvalue weighted by atomic mass is 10.1. The fourth-order valence-electron chi connectivity index (χ4n) is 2.67. The van der Waals surface area contributed by atoms with Gasteiger partial charge in [-0.2, -0.15) is 0 Å². The van der Waals surface area contributed by atoms with E-state index < -0.39 is 17.8 Å². The Labute approximate surface area is 147 Å². The smallest absolute Gasteiger partial charge is 0.253 e.